The Labute approximate surface area is 178 Å². The lowest BCUT2D eigenvalue weighted by molar-refractivity contribution is 0.0951. The zero-order chi connectivity index (χ0) is 20.8. The fourth-order valence-electron chi connectivity index (χ4n) is 3.83. The molecule has 1 heterocycles. The average Bonchev–Trinajstić information content (AvgIpc) is 2.79. The molecule has 1 saturated carbocycles. The zero-order valence-corrected chi connectivity index (χ0v) is 17.4. The van der Waals surface area contributed by atoms with E-state index in [2.05, 4.69) is 39.7 Å². The Bertz CT molecular complexity index is 977. The summed E-state index contributed by atoms with van der Waals surface area (Å²) in [6.07, 6.45) is 7.89. The molecule has 3 aromatic rings. The number of aromatic nitrogens is 2. The van der Waals surface area contributed by atoms with Gasteiger partial charge in [0.15, 0.2) is 0 Å². The quantitative estimate of drug-likeness (QED) is 0.602. The van der Waals surface area contributed by atoms with Gasteiger partial charge < -0.3 is 10.6 Å². The van der Waals surface area contributed by atoms with Crippen LogP contribution in [0.15, 0.2) is 60.9 Å². The number of nitrogens with one attached hydrogen (secondary N) is 2. The fraction of sp³-hybridized carbons (Fsp3) is 0.320. The van der Waals surface area contributed by atoms with E-state index in [0.717, 1.165) is 22.6 Å². The van der Waals surface area contributed by atoms with Gasteiger partial charge in [-0.1, -0.05) is 61.2 Å². The van der Waals surface area contributed by atoms with Crippen LogP contribution in [0.3, 0.4) is 0 Å². The van der Waals surface area contributed by atoms with E-state index in [1.165, 1.54) is 37.7 Å². The molecule has 0 unspecified atom stereocenters. The summed E-state index contributed by atoms with van der Waals surface area (Å²) >= 11 is 0. The second kappa shape index (κ2) is 9.53. The number of rotatable bonds is 6. The van der Waals surface area contributed by atoms with Crippen molar-refractivity contribution >= 4 is 11.7 Å². The number of carbonyl (C=O) groups excluding carboxylic acids is 1. The monoisotopic (exact) mass is 400 g/mol. The van der Waals surface area contributed by atoms with Crippen molar-refractivity contribution in [3.05, 3.63) is 77.6 Å². The molecular weight excluding hydrogens is 372 g/mol. The Balaban J connectivity index is 1.38. The first-order valence-corrected chi connectivity index (χ1v) is 10.7. The molecule has 5 nitrogen and oxygen atoms in total. The van der Waals surface area contributed by atoms with E-state index in [1.54, 1.807) is 6.33 Å². The van der Waals surface area contributed by atoms with E-state index in [-0.39, 0.29) is 5.91 Å². The predicted octanol–water partition coefficient (Wildman–Crippen LogP) is 5.13. The fourth-order valence-corrected chi connectivity index (χ4v) is 3.83. The first kappa shape index (κ1) is 20.1. The molecule has 1 fully saturated rings. The molecule has 0 saturated heterocycles. The van der Waals surface area contributed by atoms with Gasteiger partial charge in [0.2, 0.25) is 0 Å². The van der Waals surface area contributed by atoms with Gasteiger partial charge in [-0.3, -0.25) is 4.79 Å². The molecule has 2 N–H and O–H groups in total. The van der Waals surface area contributed by atoms with Crippen molar-refractivity contribution in [3.8, 4) is 11.3 Å². The number of benzene rings is 2. The topological polar surface area (TPSA) is 66.9 Å². The van der Waals surface area contributed by atoms with Gasteiger partial charge in [0.05, 0.1) is 5.69 Å². The van der Waals surface area contributed by atoms with Crippen molar-refractivity contribution in [2.45, 2.75) is 51.6 Å². The van der Waals surface area contributed by atoms with Crippen LogP contribution in [-0.4, -0.2) is 21.9 Å². The smallest absolute Gasteiger partial charge is 0.251 e. The van der Waals surface area contributed by atoms with Gasteiger partial charge in [-0.15, -0.1) is 0 Å². The molecule has 30 heavy (non-hydrogen) atoms. The van der Waals surface area contributed by atoms with Crippen molar-refractivity contribution in [1.82, 2.24) is 15.3 Å². The molecule has 1 aliphatic carbocycles. The number of nitrogens with zero attached hydrogens (tertiary/aromatic N) is 2. The van der Waals surface area contributed by atoms with Gasteiger partial charge in [-0.2, -0.15) is 0 Å². The third-order valence-electron chi connectivity index (χ3n) is 5.64. The number of carbonyl (C=O) groups is 1. The maximum atomic E-state index is 12.5. The molecule has 0 atom stereocenters. The number of aryl methyl sites for hydroxylation is 1. The molecule has 154 valence electrons. The molecule has 1 amide bonds. The third-order valence-corrected chi connectivity index (χ3v) is 5.64. The normalized spacial score (nSPS) is 14.3. The maximum absolute atomic E-state index is 12.5. The van der Waals surface area contributed by atoms with Crippen LogP contribution in [0.5, 0.6) is 0 Å². The lowest BCUT2D eigenvalue weighted by atomic mass is 9.95. The summed E-state index contributed by atoms with van der Waals surface area (Å²) in [4.78, 5) is 21.2. The van der Waals surface area contributed by atoms with E-state index < -0.39 is 0 Å². The number of hydrogen-bond acceptors (Lipinski definition) is 4. The molecule has 5 heteroatoms. The lowest BCUT2D eigenvalue weighted by Gasteiger charge is -2.23. The van der Waals surface area contributed by atoms with Gasteiger partial charge in [-0.05, 0) is 37.5 Å². The summed E-state index contributed by atoms with van der Waals surface area (Å²) in [7, 11) is 0. The van der Waals surface area contributed by atoms with Crippen LogP contribution in [-0.2, 0) is 6.54 Å². The van der Waals surface area contributed by atoms with E-state index >= 15 is 0 Å². The van der Waals surface area contributed by atoms with Crippen molar-refractivity contribution in [1.29, 1.82) is 0 Å². The van der Waals surface area contributed by atoms with Gasteiger partial charge in [0.25, 0.3) is 5.91 Å². The van der Waals surface area contributed by atoms with Crippen molar-refractivity contribution in [2.75, 3.05) is 5.32 Å². The van der Waals surface area contributed by atoms with E-state index in [4.69, 9.17) is 0 Å². The SMILES string of the molecule is Cc1ccc(CNC(=O)c2ccc(-c3cc(NC4CCCCC4)ncn3)cc2)cc1. The predicted molar refractivity (Wildman–Crippen MR) is 120 cm³/mol. The lowest BCUT2D eigenvalue weighted by Crippen LogP contribution is -2.23. The van der Waals surface area contributed by atoms with E-state index in [1.807, 2.05) is 42.5 Å². The van der Waals surface area contributed by atoms with E-state index in [9.17, 15) is 4.79 Å². The summed E-state index contributed by atoms with van der Waals surface area (Å²) in [6.45, 7) is 2.57. The largest absolute Gasteiger partial charge is 0.367 e. The van der Waals surface area contributed by atoms with Crippen molar-refractivity contribution in [2.24, 2.45) is 0 Å². The van der Waals surface area contributed by atoms with Gasteiger partial charge in [-0.25, -0.2) is 9.97 Å². The molecule has 4 rings (SSSR count). The Kier molecular flexibility index (Phi) is 6.38. The zero-order valence-electron chi connectivity index (χ0n) is 17.4. The van der Waals surface area contributed by atoms with Crippen molar-refractivity contribution in [3.63, 3.8) is 0 Å². The standard InChI is InChI=1S/C25H28N4O/c1-18-7-9-19(10-8-18)16-26-25(30)21-13-11-20(12-14-21)23-15-24(28-17-27-23)29-22-5-3-2-4-6-22/h7-15,17,22H,2-6,16H2,1H3,(H,26,30)(H,27,28,29). The Morgan fingerprint density at radius 3 is 2.43 bits per heavy atom. The molecule has 0 aliphatic heterocycles. The highest BCUT2D eigenvalue weighted by molar-refractivity contribution is 5.94. The minimum Gasteiger partial charge on any atom is -0.367 e. The first-order valence-electron chi connectivity index (χ1n) is 10.7. The molecular formula is C25H28N4O. The van der Waals surface area contributed by atoms with Crippen molar-refractivity contribution < 1.29 is 4.79 Å². The van der Waals surface area contributed by atoms with Crippen LogP contribution < -0.4 is 10.6 Å². The second-order valence-corrected chi connectivity index (χ2v) is 8.01. The second-order valence-electron chi connectivity index (χ2n) is 8.01. The van der Waals surface area contributed by atoms with Crippen LogP contribution in [0.2, 0.25) is 0 Å². The van der Waals surface area contributed by atoms with Crippen LogP contribution in [0.25, 0.3) is 11.3 Å². The Hall–Kier alpha value is -3.21. The van der Waals surface area contributed by atoms with Crippen LogP contribution >= 0.6 is 0 Å². The van der Waals surface area contributed by atoms with E-state index in [0.29, 0.717) is 18.2 Å². The maximum Gasteiger partial charge on any atom is 0.251 e. The highest BCUT2D eigenvalue weighted by atomic mass is 16.1. The van der Waals surface area contributed by atoms with Crippen LogP contribution in [0.1, 0.15) is 53.6 Å². The summed E-state index contributed by atoms with van der Waals surface area (Å²) in [6, 6.07) is 18.2. The average molecular weight is 401 g/mol. The summed E-state index contributed by atoms with van der Waals surface area (Å²) in [5, 5.41) is 6.52. The van der Waals surface area contributed by atoms with Gasteiger partial charge >= 0.3 is 0 Å². The molecule has 1 aromatic heterocycles. The molecule has 2 aromatic carbocycles. The first-order chi connectivity index (χ1) is 14.7. The Morgan fingerprint density at radius 1 is 0.967 bits per heavy atom. The van der Waals surface area contributed by atoms with Crippen LogP contribution in [0, 0.1) is 6.92 Å². The molecule has 0 radical (unpaired) electrons. The molecule has 0 spiro atoms. The minimum absolute atomic E-state index is 0.0792. The highest BCUT2D eigenvalue weighted by Crippen LogP contribution is 2.23. The number of hydrogen-bond donors (Lipinski definition) is 2. The summed E-state index contributed by atoms with van der Waals surface area (Å²) in [5.74, 6) is 0.788. The van der Waals surface area contributed by atoms with Crippen LogP contribution in [0.4, 0.5) is 5.82 Å². The minimum atomic E-state index is -0.0792. The molecule has 1 aliphatic rings. The van der Waals surface area contributed by atoms with Gasteiger partial charge in [0.1, 0.15) is 12.1 Å². The number of anilines is 1. The third kappa shape index (κ3) is 5.23. The summed E-state index contributed by atoms with van der Waals surface area (Å²) < 4.78 is 0. The molecule has 0 bridgehead atoms. The Morgan fingerprint density at radius 2 is 1.70 bits per heavy atom. The number of amides is 1. The highest BCUT2D eigenvalue weighted by Gasteiger charge is 2.14. The van der Waals surface area contributed by atoms with Gasteiger partial charge in [0, 0.05) is 29.8 Å². The summed E-state index contributed by atoms with van der Waals surface area (Å²) in [5.41, 5.74) is 4.77.